The van der Waals surface area contributed by atoms with E-state index in [-0.39, 0.29) is 6.61 Å². The number of hydrogen-bond acceptors (Lipinski definition) is 5. The van der Waals surface area contributed by atoms with E-state index in [0.717, 1.165) is 28.5 Å². The molecule has 0 radical (unpaired) electrons. The normalized spacial score (nSPS) is 11.1. The smallest absolute Gasteiger partial charge is 0.226 e. The van der Waals surface area contributed by atoms with Crippen molar-refractivity contribution in [2.24, 2.45) is 0 Å². The van der Waals surface area contributed by atoms with Crippen molar-refractivity contribution in [2.45, 2.75) is 13.5 Å². The fourth-order valence-corrected chi connectivity index (χ4v) is 3.21. The summed E-state index contributed by atoms with van der Waals surface area (Å²) in [6.07, 6.45) is 3.87. The van der Waals surface area contributed by atoms with Crippen LogP contribution >= 0.6 is 0 Å². The van der Waals surface area contributed by atoms with Gasteiger partial charge >= 0.3 is 0 Å². The second kappa shape index (κ2) is 8.66. The first kappa shape index (κ1) is 19.5. The molecule has 0 spiro atoms. The van der Waals surface area contributed by atoms with E-state index in [1.165, 1.54) is 11.5 Å². The zero-order chi connectivity index (χ0) is 20.9. The van der Waals surface area contributed by atoms with Gasteiger partial charge in [-0.15, -0.1) is 0 Å². The molecule has 0 aliphatic carbocycles. The van der Waals surface area contributed by atoms with Crippen molar-refractivity contribution in [3.63, 3.8) is 0 Å². The number of hydrogen-bond donors (Lipinski definition) is 0. The molecule has 0 bridgehead atoms. The zero-order valence-corrected chi connectivity index (χ0v) is 16.8. The number of aromatic nitrogens is 1. The second-order valence-corrected chi connectivity index (χ2v) is 6.78. The van der Waals surface area contributed by atoms with Crippen LogP contribution in [-0.4, -0.2) is 18.4 Å². The third-order valence-corrected chi connectivity index (χ3v) is 4.81. The van der Waals surface area contributed by atoms with E-state index in [9.17, 15) is 4.79 Å². The first-order chi connectivity index (χ1) is 14.7. The minimum atomic E-state index is 0.253. The Bertz CT molecular complexity index is 1220. The van der Waals surface area contributed by atoms with Gasteiger partial charge in [0, 0.05) is 5.56 Å². The van der Waals surface area contributed by atoms with Gasteiger partial charge in [0.25, 0.3) is 0 Å². The quantitative estimate of drug-likeness (QED) is 0.299. The lowest BCUT2D eigenvalue weighted by atomic mass is 10.1. The second-order valence-electron chi connectivity index (χ2n) is 6.78. The Morgan fingerprint density at radius 3 is 2.63 bits per heavy atom. The molecule has 0 amide bonds. The van der Waals surface area contributed by atoms with Gasteiger partial charge in [0.15, 0.2) is 11.5 Å². The van der Waals surface area contributed by atoms with E-state index in [1.807, 2.05) is 43.3 Å². The van der Waals surface area contributed by atoms with Crippen molar-refractivity contribution in [3.05, 3.63) is 83.8 Å². The molecular weight excluding hydrogens is 378 g/mol. The van der Waals surface area contributed by atoms with Crippen molar-refractivity contribution >= 4 is 23.1 Å². The molecule has 0 saturated heterocycles. The van der Waals surface area contributed by atoms with Gasteiger partial charge in [-0.25, -0.2) is 4.98 Å². The average Bonchev–Trinajstić information content (AvgIpc) is 3.16. The molecule has 0 N–H and O–H groups in total. The first-order valence-corrected chi connectivity index (χ1v) is 9.56. The van der Waals surface area contributed by atoms with Crippen LogP contribution in [0.1, 0.15) is 17.0 Å². The number of ether oxygens (including phenoxy) is 2. The number of aldehydes is 1. The molecule has 4 rings (SSSR count). The number of carbonyl (C=O) groups is 1. The van der Waals surface area contributed by atoms with Crippen molar-refractivity contribution in [1.82, 2.24) is 4.98 Å². The highest BCUT2D eigenvalue weighted by atomic mass is 16.5. The summed E-state index contributed by atoms with van der Waals surface area (Å²) < 4.78 is 17.2. The Kier molecular flexibility index (Phi) is 5.61. The lowest BCUT2D eigenvalue weighted by molar-refractivity contribution is -0.104. The SMILES string of the molecule is COc1cc(C=CC=O)ccc1OCc1nc(-c2ccc3ccccc3c2)oc1C. The summed E-state index contributed by atoms with van der Waals surface area (Å²) in [7, 11) is 1.58. The summed E-state index contributed by atoms with van der Waals surface area (Å²) in [5, 5.41) is 2.31. The van der Waals surface area contributed by atoms with Gasteiger partial charge in [0.2, 0.25) is 5.89 Å². The Morgan fingerprint density at radius 1 is 1.00 bits per heavy atom. The molecule has 5 nitrogen and oxygen atoms in total. The number of nitrogens with zero attached hydrogens (tertiary/aromatic N) is 1. The van der Waals surface area contributed by atoms with Gasteiger partial charge in [-0.1, -0.05) is 42.5 Å². The van der Waals surface area contributed by atoms with Crippen LogP contribution in [0.25, 0.3) is 28.3 Å². The topological polar surface area (TPSA) is 61.6 Å². The number of aryl methyl sites for hydroxylation is 1. The van der Waals surface area contributed by atoms with E-state index in [4.69, 9.17) is 13.9 Å². The third kappa shape index (κ3) is 4.10. The first-order valence-electron chi connectivity index (χ1n) is 9.56. The molecule has 1 aromatic heterocycles. The van der Waals surface area contributed by atoms with Crippen LogP contribution in [0.3, 0.4) is 0 Å². The van der Waals surface area contributed by atoms with Gasteiger partial charge in [-0.2, -0.15) is 0 Å². The predicted octanol–water partition coefficient (Wildman–Crippen LogP) is 5.60. The molecule has 1 heterocycles. The maximum Gasteiger partial charge on any atom is 0.226 e. The highest BCUT2D eigenvalue weighted by molar-refractivity contribution is 5.86. The van der Waals surface area contributed by atoms with Crippen LogP contribution in [0.15, 0.2) is 71.2 Å². The predicted molar refractivity (Wildman–Crippen MR) is 117 cm³/mol. The third-order valence-electron chi connectivity index (χ3n) is 4.81. The maximum atomic E-state index is 10.5. The minimum absolute atomic E-state index is 0.253. The van der Waals surface area contributed by atoms with Crippen LogP contribution in [0.4, 0.5) is 0 Å². The summed E-state index contributed by atoms with van der Waals surface area (Å²) in [6.45, 7) is 2.13. The number of carbonyl (C=O) groups excluding carboxylic acids is 1. The van der Waals surface area contributed by atoms with E-state index >= 15 is 0 Å². The summed E-state index contributed by atoms with van der Waals surface area (Å²) in [5.41, 5.74) is 2.50. The molecule has 3 aromatic carbocycles. The van der Waals surface area contributed by atoms with Gasteiger partial charge in [-0.05, 0) is 53.6 Å². The fourth-order valence-electron chi connectivity index (χ4n) is 3.21. The standard InChI is InChI=1S/C25H21NO4/c1-17-22(16-29-23-12-9-18(6-5-13-27)14-24(23)28-2)26-25(30-17)21-11-10-19-7-3-4-8-20(19)15-21/h3-15H,16H2,1-2H3. The van der Waals surface area contributed by atoms with Crippen molar-refractivity contribution in [1.29, 1.82) is 0 Å². The molecule has 0 aliphatic rings. The summed E-state index contributed by atoms with van der Waals surface area (Å²) in [6, 6.07) is 19.8. The average molecular weight is 399 g/mol. The van der Waals surface area contributed by atoms with Crippen molar-refractivity contribution in [3.8, 4) is 23.0 Å². The molecule has 5 heteroatoms. The minimum Gasteiger partial charge on any atom is -0.493 e. The number of oxazole rings is 1. The maximum absolute atomic E-state index is 10.5. The van der Waals surface area contributed by atoms with E-state index < -0.39 is 0 Å². The molecule has 150 valence electrons. The lowest BCUT2D eigenvalue weighted by Gasteiger charge is -2.10. The largest absolute Gasteiger partial charge is 0.493 e. The van der Waals surface area contributed by atoms with E-state index in [0.29, 0.717) is 23.1 Å². The number of benzene rings is 3. The zero-order valence-electron chi connectivity index (χ0n) is 16.8. The summed E-state index contributed by atoms with van der Waals surface area (Å²) in [4.78, 5) is 15.1. The highest BCUT2D eigenvalue weighted by Crippen LogP contribution is 2.30. The molecule has 4 aromatic rings. The molecule has 0 aliphatic heterocycles. The van der Waals surface area contributed by atoms with Crippen LogP contribution < -0.4 is 9.47 Å². The van der Waals surface area contributed by atoms with Crippen molar-refractivity contribution in [2.75, 3.05) is 7.11 Å². The van der Waals surface area contributed by atoms with Crippen LogP contribution in [0.2, 0.25) is 0 Å². The van der Waals surface area contributed by atoms with E-state index in [2.05, 4.69) is 29.2 Å². The highest BCUT2D eigenvalue weighted by Gasteiger charge is 2.14. The molecule has 0 atom stereocenters. The van der Waals surface area contributed by atoms with Gasteiger partial charge in [0.1, 0.15) is 24.3 Å². The Balaban J connectivity index is 1.54. The number of rotatable bonds is 7. The van der Waals surface area contributed by atoms with Gasteiger partial charge in [-0.3, -0.25) is 4.79 Å². The summed E-state index contributed by atoms with van der Waals surface area (Å²) >= 11 is 0. The summed E-state index contributed by atoms with van der Waals surface area (Å²) in [5.74, 6) is 2.45. The number of fused-ring (bicyclic) bond motifs is 1. The molecular formula is C25H21NO4. The van der Waals surface area contributed by atoms with Crippen LogP contribution in [0, 0.1) is 6.92 Å². The lowest BCUT2D eigenvalue weighted by Crippen LogP contribution is -1.99. The van der Waals surface area contributed by atoms with E-state index in [1.54, 1.807) is 13.2 Å². The van der Waals surface area contributed by atoms with Crippen LogP contribution in [0.5, 0.6) is 11.5 Å². The Hall–Kier alpha value is -3.86. The molecule has 0 fully saturated rings. The Morgan fingerprint density at radius 2 is 1.83 bits per heavy atom. The molecule has 0 unspecified atom stereocenters. The monoisotopic (exact) mass is 399 g/mol. The molecule has 0 saturated carbocycles. The van der Waals surface area contributed by atoms with Crippen molar-refractivity contribution < 1.29 is 18.7 Å². The van der Waals surface area contributed by atoms with Gasteiger partial charge in [0.05, 0.1) is 7.11 Å². The number of allylic oxidation sites excluding steroid dienone is 1. The van der Waals surface area contributed by atoms with Crippen LogP contribution in [-0.2, 0) is 11.4 Å². The fraction of sp³-hybridized carbons (Fsp3) is 0.120. The van der Waals surface area contributed by atoms with Gasteiger partial charge < -0.3 is 13.9 Å². The Labute approximate surface area is 174 Å². The molecule has 30 heavy (non-hydrogen) atoms. The number of methoxy groups -OCH3 is 1.